The fourth-order valence-electron chi connectivity index (χ4n) is 0.527. The van der Waals surface area contributed by atoms with Crippen molar-refractivity contribution < 1.29 is 13.2 Å². The van der Waals surface area contributed by atoms with Crippen LogP contribution in [0.1, 0.15) is 0 Å². The zero-order chi connectivity index (χ0) is 7.72. The molecule has 0 amide bonds. The van der Waals surface area contributed by atoms with Gasteiger partial charge in [0.2, 0.25) is 0 Å². The maximum absolute atomic E-state index is 12.3. The van der Waals surface area contributed by atoms with Gasteiger partial charge in [0, 0.05) is 5.19 Å². The number of halogens is 3. The molecule has 0 aliphatic heterocycles. The van der Waals surface area contributed by atoms with Gasteiger partial charge < -0.3 is 0 Å². The van der Waals surface area contributed by atoms with Crippen molar-refractivity contribution in [2.75, 3.05) is 0 Å². The zero-order valence-electron chi connectivity index (χ0n) is 4.79. The van der Waals surface area contributed by atoms with Crippen LogP contribution >= 0.6 is 0 Å². The van der Waals surface area contributed by atoms with E-state index in [9.17, 15) is 13.2 Å². The zero-order valence-corrected chi connectivity index (χ0v) is 5.79. The van der Waals surface area contributed by atoms with Crippen molar-refractivity contribution in [1.82, 2.24) is 0 Å². The third kappa shape index (κ3) is 1.06. The van der Waals surface area contributed by atoms with Crippen LogP contribution in [-0.4, -0.2) is 10.2 Å². The van der Waals surface area contributed by atoms with Crippen LogP contribution in [0.3, 0.4) is 0 Å². The van der Waals surface area contributed by atoms with Crippen molar-refractivity contribution >= 4 is 15.4 Å². The lowest BCUT2D eigenvalue weighted by Gasteiger charge is -1.96. The van der Waals surface area contributed by atoms with E-state index in [4.69, 9.17) is 0 Å². The van der Waals surface area contributed by atoms with Gasteiger partial charge in [0.25, 0.3) is 0 Å². The van der Waals surface area contributed by atoms with E-state index >= 15 is 0 Å². The Bertz CT molecular complexity index is 232. The van der Waals surface area contributed by atoms with Gasteiger partial charge >= 0.3 is 0 Å². The Kier molecular flexibility index (Phi) is 1.80. The lowest BCUT2D eigenvalue weighted by molar-refractivity contribution is 0.503. The number of hydrogen-bond donors (Lipinski definition) is 0. The minimum absolute atomic E-state index is 0.472. The predicted octanol–water partition coefficient (Wildman–Crippen LogP) is 0.898. The van der Waals surface area contributed by atoms with E-state index in [1.165, 1.54) is 0 Å². The Morgan fingerprint density at radius 1 is 1.00 bits per heavy atom. The molecular formula is C6H2F3Si. The predicted molar refractivity (Wildman–Crippen MR) is 31.7 cm³/mol. The van der Waals surface area contributed by atoms with Crippen molar-refractivity contribution in [1.29, 1.82) is 0 Å². The molecular weight excluding hydrogens is 157 g/mol. The highest BCUT2D eigenvalue weighted by Gasteiger charge is 2.07. The molecule has 3 radical (unpaired) electrons. The molecule has 51 valence electrons. The fraction of sp³-hybridized carbons (Fsp3) is 0. The molecule has 0 spiro atoms. The summed E-state index contributed by atoms with van der Waals surface area (Å²) < 4.78 is 36.8. The molecule has 10 heavy (non-hydrogen) atoms. The summed E-state index contributed by atoms with van der Waals surface area (Å²) in [4.78, 5) is 0. The smallest absolute Gasteiger partial charge is 0.160 e. The standard InChI is InChI=1S/C6H2F3Si/c7-3-1-2-4(8)6(10)5(3)9/h1-2H. The van der Waals surface area contributed by atoms with Gasteiger partial charge in [-0.3, -0.25) is 0 Å². The molecule has 1 aromatic carbocycles. The van der Waals surface area contributed by atoms with Crippen LogP contribution in [0.5, 0.6) is 0 Å². The average Bonchev–Trinajstić information content (AvgIpc) is 1.93. The third-order valence-electron chi connectivity index (χ3n) is 1.04. The van der Waals surface area contributed by atoms with Gasteiger partial charge in [0.05, 0.1) is 10.2 Å². The van der Waals surface area contributed by atoms with Crippen LogP contribution in [-0.2, 0) is 0 Å². The van der Waals surface area contributed by atoms with Crippen molar-refractivity contribution in [2.24, 2.45) is 0 Å². The molecule has 0 N–H and O–H groups in total. The second-order valence-electron chi connectivity index (χ2n) is 1.72. The van der Waals surface area contributed by atoms with E-state index in [1.54, 1.807) is 0 Å². The number of rotatable bonds is 0. The summed E-state index contributed by atoms with van der Waals surface area (Å²) in [5.41, 5.74) is 0. The molecule has 0 atom stereocenters. The Morgan fingerprint density at radius 3 is 2.00 bits per heavy atom. The van der Waals surface area contributed by atoms with Crippen molar-refractivity contribution in [3.8, 4) is 0 Å². The molecule has 0 aliphatic rings. The van der Waals surface area contributed by atoms with Gasteiger partial charge in [0.15, 0.2) is 11.6 Å². The number of hydrogen-bond acceptors (Lipinski definition) is 0. The fourth-order valence-corrected chi connectivity index (χ4v) is 0.730. The van der Waals surface area contributed by atoms with E-state index in [2.05, 4.69) is 10.2 Å². The minimum Gasteiger partial charge on any atom is -0.207 e. The molecule has 0 heterocycles. The van der Waals surface area contributed by atoms with Gasteiger partial charge in [0.1, 0.15) is 5.82 Å². The lowest BCUT2D eigenvalue weighted by Crippen LogP contribution is -2.15. The highest BCUT2D eigenvalue weighted by molar-refractivity contribution is 6.32. The van der Waals surface area contributed by atoms with Gasteiger partial charge in [-0.1, -0.05) is 0 Å². The van der Waals surface area contributed by atoms with Crippen LogP contribution in [0.4, 0.5) is 13.2 Å². The molecule has 0 unspecified atom stereocenters. The highest BCUT2D eigenvalue weighted by atomic mass is 28.1. The molecule has 4 heteroatoms. The van der Waals surface area contributed by atoms with Crippen molar-refractivity contribution in [3.63, 3.8) is 0 Å². The lowest BCUT2D eigenvalue weighted by atomic mass is 10.3. The SMILES string of the molecule is Fc1ccc(F)c([Si])c1F. The molecule has 1 aromatic rings. The second-order valence-corrected chi connectivity index (χ2v) is 2.22. The van der Waals surface area contributed by atoms with E-state index < -0.39 is 22.6 Å². The summed E-state index contributed by atoms with van der Waals surface area (Å²) in [5.74, 6) is -3.07. The Morgan fingerprint density at radius 2 is 1.50 bits per heavy atom. The van der Waals surface area contributed by atoms with Crippen LogP contribution in [0.25, 0.3) is 0 Å². The number of benzene rings is 1. The van der Waals surface area contributed by atoms with E-state index in [-0.39, 0.29) is 0 Å². The quantitative estimate of drug-likeness (QED) is 0.389. The highest BCUT2D eigenvalue weighted by Crippen LogP contribution is 2.02. The first-order chi connectivity index (χ1) is 4.63. The van der Waals surface area contributed by atoms with Gasteiger partial charge in [-0.25, -0.2) is 13.2 Å². The van der Waals surface area contributed by atoms with Crippen LogP contribution in [0.15, 0.2) is 12.1 Å². The van der Waals surface area contributed by atoms with E-state index in [0.717, 1.165) is 12.1 Å². The summed E-state index contributed by atoms with van der Waals surface area (Å²) in [7, 11) is 2.59. The largest absolute Gasteiger partial charge is 0.207 e. The maximum atomic E-state index is 12.3. The van der Waals surface area contributed by atoms with Crippen molar-refractivity contribution in [2.45, 2.75) is 0 Å². The maximum Gasteiger partial charge on any atom is 0.160 e. The van der Waals surface area contributed by atoms with Gasteiger partial charge in [-0.15, -0.1) is 0 Å². The van der Waals surface area contributed by atoms with E-state index in [1.807, 2.05) is 0 Å². The molecule has 0 nitrogen and oxygen atoms in total. The molecule has 0 aromatic heterocycles. The van der Waals surface area contributed by atoms with Gasteiger partial charge in [-0.2, -0.15) is 0 Å². The molecule has 0 saturated heterocycles. The topological polar surface area (TPSA) is 0 Å². The van der Waals surface area contributed by atoms with Crippen LogP contribution < -0.4 is 5.19 Å². The molecule has 0 saturated carbocycles. The monoisotopic (exact) mass is 159 g/mol. The summed E-state index contributed by atoms with van der Waals surface area (Å²) in [6, 6.07) is 1.58. The summed E-state index contributed by atoms with van der Waals surface area (Å²) in [6.45, 7) is 0. The molecule has 1 rings (SSSR count). The summed E-state index contributed by atoms with van der Waals surface area (Å²) >= 11 is 0. The molecule has 0 fully saturated rings. The van der Waals surface area contributed by atoms with E-state index in [0.29, 0.717) is 0 Å². The first-order valence-corrected chi connectivity index (χ1v) is 2.98. The second kappa shape index (κ2) is 2.46. The third-order valence-corrected chi connectivity index (χ3v) is 1.50. The Hall–Kier alpha value is -0.773. The Balaban J connectivity index is 3.34. The minimum atomic E-state index is -1.20. The van der Waals surface area contributed by atoms with Crippen LogP contribution in [0.2, 0.25) is 0 Å². The first-order valence-electron chi connectivity index (χ1n) is 2.48. The van der Waals surface area contributed by atoms with Crippen LogP contribution in [0, 0.1) is 17.5 Å². The average molecular weight is 159 g/mol. The summed E-state index contributed by atoms with van der Waals surface area (Å²) in [5, 5.41) is -0.472. The molecule has 0 bridgehead atoms. The Labute approximate surface area is 59.1 Å². The van der Waals surface area contributed by atoms with Gasteiger partial charge in [-0.05, 0) is 12.1 Å². The van der Waals surface area contributed by atoms with Crippen molar-refractivity contribution in [3.05, 3.63) is 29.6 Å². The normalized spacial score (nSPS) is 10.0. The molecule has 0 aliphatic carbocycles. The first kappa shape index (κ1) is 7.34. The summed E-state index contributed by atoms with van der Waals surface area (Å²) in [6.07, 6.45) is 0.